The van der Waals surface area contributed by atoms with Gasteiger partial charge in [-0.05, 0) is 31.5 Å². The number of nitriles is 1. The molecular weight excluding hydrogens is 243 g/mol. The Bertz CT molecular complexity index is 620. The summed E-state index contributed by atoms with van der Waals surface area (Å²) in [6.45, 7) is 3.90. The average Bonchev–Trinajstić information content (AvgIpc) is 2.68. The third-order valence-electron chi connectivity index (χ3n) is 2.91. The van der Waals surface area contributed by atoms with Crippen molar-refractivity contribution in [3.63, 3.8) is 0 Å². The lowest BCUT2D eigenvalue weighted by molar-refractivity contribution is 0.535. The first-order chi connectivity index (χ1) is 9.02. The van der Waals surface area contributed by atoms with E-state index in [1.165, 1.54) is 12.1 Å². The zero-order chi connectivity index (χ0) is 14.0. The second-order valence-electron chi connectivity index (χ2n) is 4.66. The van der Waals surface area contributed by atoms with Gasteiger partial charge in [-0.15, -0.1) is 0 Å². The quantitative estimate of drug-likeness (QED) is 0.920. The van der Waals surface area contributed by atoms with E-state index in [4.69, 9.17) is 5.73 Å². The van der Waals surface area contributed by atoms with Crippen molar-refractivity contribution in [2.24, 2.45) is 0 Å². The van der Waals surface area contributed by atoms with E-state index in [1.807, 2.05) is 13.8 Å². The first kappa shape index (κ1) is 13.1. The van der Waals surface area contributed by atoms with Crippen molar-refractivity contribution in [2.75, 3.05) is 5.73 Å². The van der Waals surface area contributed by atoms with Gasteiger partial charge in [0.1, 0.15) is 23.3 Å². The zero-order valence-corrected chi connectivity index (χ0v) is 10.9. The lowest BCUT2D eigenvalue weighted by Gasteiger charge is -2.06. The molecule has 1 heterocycles. The predicted molar refractivity (Wildman–Crippen MR) is 70.9 cm³/mol. The summed E-state index contributed by atoms with van der Waals surface area (Å²) in [6, 6.07) is 8.33. The molecule has 19 heavy (non-hydrogen) atoms. The Kier molecular flexibility index (Phi) is 3.52. The van der Waals surface area contributed by atoms with Crippen LogP contribution in [-0.4, -0.2) is 9.78 Å². The van der Waals surface area contributed by atoms with Crippen LogP contribution in [0.25, 0.3) is 0 Å². The van der Waals surface area contributed by atoms with Crippen molar-refractivity contribution in [3.8, 4) is 6.07 Å². The van der Waals surface area contributed by atoms with E-state index in [9.17, 15) is 9.65 Å². The van der Waals surface area contributed by atoms with Crippen LogP contribution in [0.15, 0.2) is 24.3 Å². The van der Waals surface area contributed by atoms with Crippen molar-refractivity contribution in [1.29, 1.82) is 5.26 Å². The van der Waals surface area contributed by atoms with Crippen LogP contribution in [0.2, 0.25) is 0 Å². The summed E-state index contributed by atoms with van der Waals surface area (Å²) >= 11 is 0. The summed E-state index contributed by atoms with van der Waals surface area (Å²) in [4.78, 5) is 0. The summed E-state index contributed by atoms with van der Waals surface area (Å²) in [6.07, 6.45) is 0.465. The van der Waals surface area contributed by atoms with Gasteiger partial charge < -0.3 is 5.73 Å². The molecule has 0 saturated carbocycles. The second-order valence-corrected chi connectivity index (χ2v) is 4.66. The summed E-state index contributed by atoms with van der Waals surface area (Å²) in [5.74, 6) is 0.103. The molecule has 0 amide bonds. The number of nitrogen functional groups attached to an aromatic ring is 1. The van der Waals surface area contributed by atoms with E-state index in [1.54, 1.807) is 16.8 Å². The molecule has 98 valence electrons. The van der Waals surface area contributed by atoms with E-state index in [0.717, 1.165) is 5.56 Å². The number of nitrogens with two attached hydrogens (primary N) is 1. The van der Waals surface area contributed by atoms with E-state index in [-0.39, 0.29) is 11.9 Å². The predicted octanol–water partition coefficient (Wildman–Crippen LogP) is 2.65. The van der Waals surface area contributed by atoms with Crippen molar-refractivity contribution in [1.82, 2.24) is 9.78 Å². The van der Waals surface area contributed by atoms with Crippen LogP contribution in [0.1, 0.15) is 36.7 Å². The minimum Gasteiger partial charge on any atom is -0.383 e. The summed E-state index contributed by atoms with van der Waals surface area (Å²) < 4.78 is 14.5. The SMILES string of the molecule is CC(C)n1nc(Cc2ccc(F)cc2)c(C#N)c1N. The monoisotopic (exact) mass is 258 g/mol. The van der Waals surface area contributed by atoms with Crippen LogP contribution in [0, 0.1) is 17.1 Å². The minimum atomic E-state index is -0.281. The maximum absolute atomic E-state index is 12.9. The molecule has 0 radical (unpaired) electrons. The molecule has 2 N–H and O–H groups in total. The number of hydrogen-bond acceptors (Lipinski definition) is 3. The maximum atomic E-state index is 12.9. The summed E-state index contributed by atoms with van der Waals surface area (Å²) in [5, 5.41) is 13.5. The van der Waals surface area contributed by atoms with Gasteiger partial charge in [0, 0.05) is 12.5 Å². The first-order valence-electron chi connectivity index (χ1n) is 6.04. The van der Waals surface area contributed by atoms with Crippen molar-refractivity contribution in [2.45, 2.75) is 26.3 Å². The highest BCUT2D eigenvalue weighted by atomic mass is 19.1. The first-order valence-corrected chi connectivity index (χ1v) is 6.04. The third kappa shape index (κ3) is 2.58. The van der Waals surface area contributed by atoms with Gasteiger partial charge >= 0.3 is 0 Å². The van der Waals surface area contributed by atoms with E-state index < -0.39 is 0 Å². The van der Waals surface area contributed by atoms with E-state index in [2.05, 4.69) is 11.2 Å². The van der Waals surface area contributed by atoms with Gasteiger partial charge in [0.25, 0.3) is 0 Å². The Morgan fingerprint density at radius 3 is 2.53 bits per heavy atom. The molecule has 0 atom stereocenters. The largest absolute Gasteiger partial charge is 0.383 e. The van der Waals surface area contributed by atoms with Gasteiger partial charge in [-0.1, -0.05) is 12.1 Å². The highest BCUT2D eigenvalue weighted by Crippen LogP contribution is 2.22. The molecule has 4 nitrogen and oxygen atoms in total. The maximum Gasteiger partial charge on any atom is 0.140 e. The number of rotatable bonds is 3. The molecule has 0 fully saturated rings. The normalized spacial score (nSPS) is 10.7. The minimum absolute atomic E-state index is 0.0917. The topological polar surface area (TPSA) is 67.6 Å². The molecule has 0 bridgehead atoms. The number of halogens is 1. The molecule has 0 spiro atoms. The van der Waals surface area contributed by atoms with Crippen LogP contribution in [0.4, 0.5) is 10.2 Å². The van der Waals surface area contributed by atoms with Gasteiger partial charge in [0.05, 0.1) is 5.69 Å². The Labute approximate surface area is 111 Å². The number of aromatic nitrogens is 2. The number of hydrogen-bond donors (Lipinski definition) is 1. The lowest BCUT2D eigenvalue weighted by Crippen LogP contribution is -2.07. The summed E-state index contributed by atoms with van der Waals surface area (Å²) in [5.41, 5.74) is 7.83. The van der Waals surface area contributed by atoms with E-state index >= 15 is 0 Å². The Balaban J connectivity index is 2.37. The molecule has 2 aromatic rings. The third-order valence-corrected chi connectivity index (χ3v) is 2.91. The Hall–Kier alpha value is -2.35. The van der Waals surface area contributed by atoms with Gasteiger partial charge in [0.15, 0.2) is 0 Å². The van der Waals surface area contributed by atoms with Crippen molar-refractivity contribution >= 4 is 5.82 Å². The van der Waals surface area contributed by atoms with Gasteiger partial charge in [-0.25, -0.2) is 9.07 Å². The fourth-order valence-electron chi connectivity index (χ4n) is 1.93. The number of nitrogens with zero attached hydrogens (tertiary/aromatic N) is 3. The molecule has 0 aliphatic heterocycles. The van der Waals surface area contributed by atoms with Crippen LogP contribution in [0.3, 0.4) is 0 Å². The molecule has 1 aromatic heterocycles. The van der Waals surface area contributed by atoms with Crippen molar-refractivity contribution in [3.05, 3.63) is 46.9 Å². The standard InChI is InChI=1S/C14H15FN4/c1-9(2)19-14(17)12(8-16)13(18-19)7-10-3-5-11(15)6-4-10/h3-6,9H,7,17H2,1-2H3. The molecule has 0 saturated heterocycles. The highest BCUT2D eigenvalue weighted by molar-refractivity contribution is 5.53. The lowest BCUT2D eigenvalue weighted by atomic mass is 10.1. The van der Waals surface area contributed by atoms with Crippen LogP contribution in [0.5, 0.6) is 0 Å². The van der Waals surface area contributed by atoms with Crippen LogP contribution >= 0.6 is 0 Å². The molecular formula is C14H15FN4. The molecule has 0 aliphatic carbocycles. The average molecular weight is 258 g/mol. The molecule has 0 unspecified atom stereocenters. The van der Waals surface area contributed by atoms with Gasteiger partial charge in [0.2, 0.25) is 0 Å². The molecule has 2 rings (SSSR count). The molecule has 5 heteroatoms. The zero-order valence-electron chi connectivity index (χ0n) is 10.9. The number of anilines is 1. The smallest absolute Gasteiger partial charge is 0.140 e. The molecule has 0 aliphatic rings. The van der Waals surface area contributed by atoms with Gasteiger partial charge in [-0.2, -0.15) is 10.4 Å². The summed E-state index contributed by atoms with van der Waals surface area (Å²) in [7, 11) is 0. The fraction of sp³-hybridized carbons (Fsp3) is 0.286. The second kappa shape index (κ2) is 5.11. The van der Waals surface area contributed by atoms with Crippen molar-refractivity contribution < 1.29 is 4.39 Å². The van der Waals surface area contributed by atoms with Crippen LogP contribution in [-0.2, 0) is 6.42 Å². The van der Waals surface area contributed by atoms with Crippen LogP contribution < -0.4 is 5.73 Å². The Morgan fingerprint density at radius 2 is 2.00 bits per heavy atom. The fourth-order valence-corrected chi connectivity index (χ4v) is 1.93. The van der Waals surface area contributed by atoms with E-state index in [0.29, 0.717) is 23.5 Å². The highest BCUT2D eigenvalue weighted by Gasteiger charge is 2.17. The Morgan fingerprint density at radius 1 is 1.37 bits per heavy atom. The van der Waals surface area contributed by atoms with Gasteiger partial charge in [-0.3, -0.25) is 0 Å². The molecule has 1 aromatic carbocycles. The number of benzene rings is 1.